The predicted octanol–water partition coefficient (Wildman–Crippen LogP) is 3.82. The van der Waals surface area contributed by atoms with E-state index in [1.165, 1.54) is 0 Å². The topological polar surface area (TPSA) is 64.0 Å². The van der Waals surface area contributed by atoms with Crippen molar-refractivity contribution in [1.82, 2.24) is 14.9 Å². The monoisotopic (exact) mass is 363 g/mol. The Labute approximate surface area is 159 Å². The number of Topliss-reactive ketones (excluding diaryl/α,β-unsaturated/α-hetero) is 1. The maximum absolute atomic E-state index is 12.1. The van der Waals surface area contributed by atoms with Crippen molar-refractivity contribution in [3.8, 4) is 0 Å². The van der Waals surface area contributed by atoms with Crippen molar-refractivity contribution in [2.24, 2.45) is 0 Å². The number of nitrogens with one attached hydrogen (secondary N) is 1. The van der Waals surface area contributed by atoms with E-state index in [0.29, 0.717) is 12.1 Å². The highest BCUT2D eigenvalue weighted by molar-refractivity contribution is 5.97. The van der Waals surface area contributed by atoms with Gasteiger partial charge in [0.05, 0.1) is 11.0 Å². The Morgan fingerprint density at radius 3 is 2.52 bits per heavy atom. The average molecular weight is 363 g/mol. The second-order valence-electron chi connectivity index (χ2n) is 6.79. The number of para-hydroxylation sites is 2. The van der Waals surface area contributed by atoms with Crippen molar-refractivity contribution in [1.29, 1.82) is 0 Å². The lowest BCUT2D eigenvalue weighted by Gasteiger charge is -2.08. The highest BCUT2D eigenvalue weighted by atomic mass is 16.2. The van der Waals surface area contributed by atoms with Crippen LogP contribution < -0.4 is 5.32 Å². The highest BCUT2D eigenvalue weighted by Gasteiger charge is 2.10. The van der Waals surface area contributed by atoms with Crippen LogP contribution in [0.2, 0.25) is 0 Å². The second kappa shape index (κ2) is 8.62. The molecule has 5 heteroatoms. The molecule has 0 unspecified atom stereocenters. The molecule has 0 bridgehead atoms. The average Bonchev–Trinajstić information content (AvgIpc) is 2.99. The molecule has 0 atom stereocenters. The van der Waals surface area contributed by atoms with E-state index >= 15 is 0 Å². The molecule has 1 amide bonds. The number of carbonyl (C=O) groups is 2. The molecule has 0 spiro atoms. The number of imidazole rings is 1. The van der Waals surface area contributed by atoms with Crippen LogP contribution in [0, 0.1) is 13.8 Å². The number of hydrogen-bond donors (Lipinski definition) is 1. The molecule has 3 rings (SSSR count). The van der Waals surface area contributed by atoms with Crippen LogP contribution in [0.3, 0.4) is 0 Å². The Hall–Kier alpha value is -2.95. The first-order valence-corrected chi connectivity index (χ1v) is 9.33. The molecular formula is C22H25N3O2. The van der Waals surface area contributed by atoms with E-state index < -0.39 is 0 Å². The summed E-state index contributed by atoms with van der Waals surface area (Å²) in [6, 6.07) is 15.5. The Balaban J connectivity index is 1.41. The SMILES string of the molecule is Cc1ccc(C(=O)CCC(=O)NCCCn2c(C)nc3ccccc32)cc1. The van der Waals surface area contributed by atoms with Gasteiger partial charge >= 0.3 is 0 Å². The van der Waals surface area contributed by atoms with Gasteiger partial charge in [0.1, 0.15) is 5.82 Å². The van der Waals surface area contributed by atoms with E-state index in [9.17, 15) is 9.59 Å². The Morgan fingerprint density at radius 1 is 1.00 bits per heavy atom. The molecule has 0 aliphatic rings. The van der Waals surface area contributed by atoms with Crippen LogP contribution in [0.15, 0.2) is 48.5 Å². The molecule has 0 fully saturated rings. The van der Waals surface area contributed by atoms with Gasteiger partial charge in [-0.15, -0.1) is 0 Å². The predicted molar refractivity (Wildman–Crippen MR) is 107 cm³/mol. The number of rotatable bonds is 8. The van der Waals surface area contributed by atoms with E-state index in [1.807, 2.05) is 56.3 Å². The standard InChI is InChI=1S/C22H25N3O2/c1-16-8-10-18(11-9-16)21(26)12-13-22(27)23-14-5-15-25-17(2)24-19-6-3-4-7-20(19)25/h3-4,6-11H,5,12-15H2,1-2H3,(H,23,27). The van der Waals surface area contributed by atoms with E-state index in [-0.39, 0.29) is 24.5 Å². The lowest BCUT2D eigenvalue weighted by Crippen LogP contribution is -2.25. The summed E-state index contributed by atoms with van der Waals surface area (Å²) in [7, 11) is 0. The van der Waals surface area contributed by atoms with E-state index in [4.69, 9.17) is 0 Å². The third-order valence-electron chi connectivity index (χ3n) is 4.68. The summed E-state index contributed by atoms with van der Waals surface area (Å²) in [6.45, 7) is 5.36. The van der Waals surface area contributed by atoms with Crippen molar-refractivity contribution in [3.63, 3.8) is 0 Å². The quantitative estimate of drug-likeness (QED) is 0.489. The summed E-state index contributed by atoms with van der Waals surface area (Å²) in [5.74, 6) is 0.902. The molecule has 0 aliphatic carbocycles. The minimum absolute atomic E-state index is 0.00524. The summed E-state index contributed by atoms with van der Waals surface area (Å²) in [5, 5.41) is 2.90. The maximum Gasteiger partial charge on any atom is 0.220 e. The van der Waals surface area contributed by atoms with Crippen molar-refractivity contribution in [2.45, 2.75) is 39.7 Å². The van der Waals surface area contributed by atoms with Crippen LogP contribution in [0.5, 0.6) is 0 Å². The first kappa shape index (κ1) is 18.8. The molecule has 1 heterocycles. The number of aryl methyl sites for hydroxylation is 3. The zero-order valence-electron chi connectivity index (χ0n) is 15.9. The van der Waals surface area contributed by atoms with Gasteiger partial charge in [0.25, 0.3) is 0 Å². The maximum atomic E-state index is 12.1. The van der Waals surface area contributed by atoms with Crippen molar-refractivity contribution in [3.05, 3.63) is 65.5 Å². The normalized spacial score (nSPS) is 10.9. The number of carbonyl (C=O) groups excluding carboxylic acids is 2. The zero-order valence-corrected chi connectivity index (χ0v) is 15.9. The summed E-state index contributed by atoms with van der Waals surface area (Å²) in [5.41, 5.74) is 3.89. The summed E-state index contributed by atoms with van der Waals surface area (Å²) >= 11 is 0. The smallest absolute Gasteiger partial charge is 0.220 e. The zero-order chi connectivity index (χ0) is 19.2. The third kappa shape index (κ3) is 4.82. The summed E-state index contributed by atoms with van der Waals surface area (Å²) < 4.78 is 2.17. The molecule has 3 aromatic rings. The van der Waals surface area contributed by atoms with Gasteiger partial charge in [-0.2, -0.15) is 0 Å². The van der Waals surface area contributed by atoms with Crippen LogP contribution >= 0.6 is 0 Å². The largest absolute Gasteiger partial charge is 0.356 e. The molecule has 1 N–H and O–H groups in total. The number of amides is 1. The fourth-order valence-electron chi connectivity index (χ4n) is 3.14. The number of fused-ring (bicyclic) bond motifs is 1. The van der Waals surface area contributed by atoms with Gasteiger partial charge in [-0.3, -0.25) is 9.59 Å². The number of aromatic nitrogens is 2. The number of nitrogens with zero attached hydrogens (tertiary/aromatic N) is 2. The van der Waals surface area contributed by atoms with Crippen molar-refractivity contribution >= 4 is 22.7 Å². The fourth-order valence-corrected chi connectivity index (χ4v) is 3.14. The lowest BCUT2D eigenvalue weighted by atomic mass is 10.1. The van der Waals surface area contributed by atoms with Crippen LogP contribution in [-0.4, -0.2) is 27.8 Å². The molecule has 1 aromatic heterocycles. The molecule has 140 valence electrons. The first-order chi connectivity index (χ1) is 13.0. The molecule has 5 nitrogen and oxygen atoms in total. The van der Waals surface area contributed by atoms with Gasteiger partial charge in [-0.1, -0.05) is 42.0 Å². The van der Waals surface area contributed by atoms with Gasteiger partial charge in [0.2, 0.25) is 5.91 Å². The molecule has 2 aromatic carbocycles. The second-order valence-corrected chi connectivity index (χ2v) is 6.79. The van der Waals surface area contributed by atoms with E-state index in [1.54, 1.807) is 0 Å². The number of ketones is 1. The van der Waals surface area contributed by atoms with Crippen LogP contribution in [0.1, 0.15) is 41.0 Å². The Kier molecular flexibility index (Phi) is 6.01. The molecule has 0 radical (unpaired) electrons. The van der Waals surface area contributed by atoms with Gasteiger partial charge in [0, 0.05) is 31.5 Å². The summed E-state index contributed by atoms with van der Waals surface area (Å²) in [4.78, 5) is 28.7. The Bertz CT molecular complexity index is 942. The van der Waals surface area contributed by atoms with Gasteiger partial charge in [0.15, 0.2) is 5.78 Å². The highest BCUT2D eigenvalue weighted by Crippen LogP contribution is 2.15. The first-order valence-electron chi connectivity index (χ1n) is 9.33. The van der Waals surface area contributed by atoms with Gasteiger partial charge in [-0.05, 0) is 32.4 Å². The number of hydrogen-bond acceptors (Lipinski definition) is 3. The van der Waals surface area contributed by atoms with Crippen LogP contribution in [-0.2, 0) is 11.3 Å². The van der Waals surface area contributed by atoms with Crippen LogP contribution in [0.25, 0.3) is 11.0 Å². The lowest BCUT2D eigenvalue weighted by molar-refractivity contribution is -0.121. The minimum atomic E-state index is -0.0809. The summed E-state index contributed by atoms with van der Waals surface area (Å²) in [6.07, 6.45) is 1.28. The molecule has 0 aliphatic heterocycles. The van der Waals surface area contributed by atoms with Crippen molar-refractivity contribution < 1.29 is 9.59 Å². The van der Waals surface area contributed by atoms with Gasteiger partial charge < -0.3 is 9.88 Å². The molecule has 0 saturated carbocycles. The Morgan fingerprint density at radius 2 is 1.74 bits per heavy atom. The fraction of sp³-hybridized carbons (Fsp3) is 0.318. The van der Waals surface area contributed by atoms with E-state index in [2.05, 4.69) is 20.9 Å². The van der Waals surface area contributed by atoms with Crippen LogP contribution in [0.4, 0.5) is 0 Å². The molecule has 27 heavy (non-hydrogen) atoms. The van der Waals surface area contributed by atoms with E-state index in [0.717, 1.165) is 35.4 Å². The molecule has 0 saturated heterocycles. The minimum Gasteiger partial charge on any atom is -0.356 e. The number of benzene rings is 2. The third-order valence-corrected chi connectivity index (χ3v) is 4.68. The van der Waals surface area contributed by atoms with Gasteiger partial charge in [-0.25, -0.2) is 4.98 Å². The van der Waals surface area contributed by atoms with Crippen molar-refractivity contribution in [2.75, 3.05) is 6.54 Å². The molecular weight excluding hydrogens is 338 g/mol.